The van der Waals surface area contributed by atoms with Crippen LogP contribution in [0, 0.1) is 0 Å². The minimum atomic E-state index is -1.08. The van der Waals surface area contributed by atoms with Crippen molar-refractivity contribution >= 4 is 17.9 Å². The second kappa shape index (κ2) is 42.7. The van der Waals surface area contributed by atoms with Gasteiger partial charge in [-0.1, -0.05) is 0 Å². The number of aliphatic carboxylic acids is 3. The number of rotatable bonds is 4. The van der Waals surface area contributed by atoms with Gasteiger partial charge in [0.15, 0.2) is 0 Å². The summed E-state index contributed by atoms with van der Waals surface area (Å²) in [5.74, 6) is -3.25. The first kappa shape index (κ1) is 42.7. The lowest BCUT2D eigenvalue weighted by atomic mass is 10.6. The number of aliphatic hydroxyl groups excluding tert-OH is 1. The minimum absolute atomic E-state index is 0. The van der Waals surface area contributed by atoms with Crippen molar-refractivity contribution in [2.75, 3.05) is 26.2 Å². The molecule has 0 fully saturated rings. The number of nitrogens with one attached hydrogen (secondary N) is 1. The molecular formula is C10H33N5O7. The molecule has 0 aliphatic carbocycles. The van der Waals surface area contributed by atoms with Gasteiger partial charge in [-0.3, -0.25) is 0 Å². The molecule has 0 bridgehead atoms. The van der Waals surface area contributed by atoms with Crippen molar-refractivity contribution in [1.82, 2.24) is 23.8 Å². The maximum absolute atomic E-state index is 8.89. The Balaban J connectivity index is -0.0000000270. The standard InChI is InChI=1S/C4H12N2O.3C2H4O2.3H3N/c5-1-2-6-3-4-7;3*1-2(3)4;;;/h6-7H,1-5H2;3*1H3,(H,3,4);3*1H3. The average molecular weight is 335 g/mol. The van der Waals surface area contributed by atoms with Crippen LogP contribution < -0.4 is 44.8 Å². The predicted octanol–water partition coefficient (Wildman–Crippen LogP) is -4.08. The molecule has 0 heterocycles. The maximum atomic E-state index is 8.89. The number of quaternary nitrogens is 3. The van der Waals surface area contributed by atoms with Crippen molar-refractivity contribution in [3.63, 3.8) is 0 Å². The molecule has 0 aliphatic heterocycles. The lowest BCUT2D eigenvalue weighted by molar-refractivity contribution is -0.303. The molecule has 22 heavy (non-hydrogen) atoms. The van der Waals surface area contributed by atoms with Crippen LogP contribution in [0.1, 0.15) is 20.8 Å². The zero-order valence-corrected chi connectivity index (χ0v) is 14.3. The first-order chi connectivity index (χ1) is 8.61. The van der Waals surface area contributed by atoms with Crippen LogP contribution in [0.15, 0.2) is 0 Å². The topological polar surface area (TPSA) is 288 Å². The van der Waals surface area contributed by atoms with Crippen molar-refractivity contribution in [3.8, 4) is 0 Å². The monoisotopic (exact) mass is 335 g/mol. The van der Waals surface area contributed by atoms with Crippen molar-refractivity contribution in [2.45, 2.75) is 20.8 Å². The zero-order valence-electron chi connectivity index (χ0n) is 14.3. The van der Waals surface area contributed by atoms with Crippen LogP contribution in [0.4, 0.5) is 0 Å². The lowest BCUT2D eigenvalue weighted by Crippen LogP contribution is -2.24. The fraction of sp³-hybridized carbons (Fsp3) is 0.700. The first-order valence-corrected chi connectivity index (χ1v) is 5.16. The van der Waals surface area contributed by atoms with Gasteiger partial charge in [-0.15, -0.1) is 0 Å². The predicted molar refractivity (Wildman–Crippen MR) is 79.0 cm³/mol. The van der Waals surface area contributed by atoms with E-state index in [0.717, 1.165) is 27.3 Å². The van der Waals surface area contributed by atoms with Crippen LogP contribution in [-0.2, 0) is 14.4 Å². The van der Waals surface area contributed by atoms with E-state index in [0.29, 0.717) is 13.1 Å². The lowest BCUT2D eigenvalue weighted by Gasteiger charge is -1.95. The number of carbonyl (C=O) groups excluding carboxylic acids is 3. The molecule has 0 aromatic rings. The van der Waals surface area contributed by atoms with E-state index >= 15 is 0 Å². The molecule has 0 unspecified atom stereocenters. The fourth-order valence-corrected chi connectivity index (χ4v) is 0.306. The van der Waals surface area contributed by atoms with Crippen LogP contribution in [0.3, 0.4) is 0 Å². The van der Waals surface area contributed by atoms with Gasteiger partial charge in [0.05, 0.1) is 6.61 Å². The first-order valence-electron chi connectivity index (χ1n) is 5.16. The number of aliphatic hydroxyl groups is 1. The third-order valence-electron chi connectivity index (χ3n) is 0.610. The van der Waals surface area contributed by atoms with Gasteiger partial charge in [0.2, 0.25) is 0 Å². The highest BCUT2D eigenvalue weighted by molar-refractivity contribution is 5.60. The zero-order chi connectivity index (χ0) is 16.3. The highest BCUT2D eigenvalue weighted by Gasteiger charge is 1.77. The highest BCUT2D eigenvalue weighted by atomic mass is 16.4. The normalized spacial score (nSPS) is 6.41. The van der Waals surface area contributed by atoms with E-state index in [1.807, 2.05) is 0 Å². The van der Waals surface area contributed by atoms with Crippen molar-refractivity contribution in [1.29, 1.82) is 0 Å². The van der Waals surface area contributed by atoms with Gasteiger partial charge in [-0.25, -0.2) is 0 Å². The summed E-state index contributed by atoms with van der Waals surface area (Å²) in [4.78, 5) is 26.7. The summed E-state index contributed by atoms with van der Waals surface area (Å²) >= 11 is 0. The molecular weight excluding hydrogens is 302 g/mol. The number of carbonyl (C=O) groups is 3. The Morgan fingerprint density at radius 1 is 0.864 bits per heavy atom. The van der Waals surface area contributed by atoms with Gasteiger partial charge in [-0.2, -0.15) is 0 Å². The molecule has 0 radical (unpaired) electrons. The van der Waals surface area contributed by atoms with Gasteiger partial charge in [0.25, 0.3) is 0 Å². The van der Waals surface area contributed by atoms with Gasteiger partial charge in [0, 0.05) is 37.5 Å². The molecule has 0 saturated carbocycles. The molecule has 0 aromatic heterocycles. The number of carboxylic acids is 3. The van der Waals surface area contributed by atoms with Crippen molar-refractivity contribution in [2.24, 2.45) is 5.73 Å². The summed E-state index contributed by atoms with van der Waals surface area (Å²) < 4.78 is 0. The molecule has 12 nitrogen and oxygen atoms in total. The van der Waals surface area contributed by atoms with Gasteiger partial charge in [0.1, 0.15) is 0 Å². The van der Waals surface area contributed by atoms with Gasteiger partial charge < -0.3 is 64.3 Å². The Bertz CT molecular complexity index is 185. The van der Waals surface area contributed by atoms with Gasteiger partial charge in [-0.05, 0) is 20.8 Å². The maximum Gasteiger partial charge on any atom is 0.0555 e. The molecule has 12 heteroatoms. The fourth-order valence-electron chi connectivity index (χ4n) is 0.306. The quantitative estimate of drug-likeness (QED) is 0.272. The number of hydrogen-bond acceptors (Lipinski definition) is 9. The molecule has 0 amide bonds. The number of nitrogens with two attached hydrogens (primary N) is 1. The number of hydrogen-bond donors (Lipinski definition) is 6. The summed E-state index contributed by atoms with van der Waals surface area (Å²) in [6.45, 7) is 5.19. The van der Waals surface area contributed by atoms with Crippen LogP contribution in [0.5, 0.6) is 0 Å². The second-order valence-electron chi connectivity index (χ2n) is 2.74. The van der Waals surface area contributed by atoms with E-state index in [-0.39, 0.29) is 25.1 Å². The summed E-state index contributed by atoms with van der Waals surface area (Å²) in [6, 6.07) is 0. The third kappa shape index (κ3) is 1140. The van der Waals surface area contributed by atoms with E-state index < -0.39 is 17.9 Å². The Morgan fingerprint density at radius 3 is 1.23 bits per heavy atom. The molecule has 140 valence electrons. The SMILES string of the molecule is CC(=O)[O-].CC(=O)[O-].CC(=O)[O-].NCCNCCO.[NH4+].[NH4+].[NH4+]. The van der Waals surface area contributed by atoms with Gasteiger partial charge >= 0.3 is 0 Å². The highest BCUT2D eigenvalue weighted by Crippen LogP contribution is 1.51. The van der Waals surface area contributed by atoms with Crippen molar-refractivity contribution < 1.29 is 34.8 Å². The Kier molecular flexibility index (Phi) is 83.0. The molecule has 16 N–H and O–H groups in total. The van der Waals surface area contributed by atoms with E-state index in [2.05, 4.69) is 5.32 Å². The van der Waals surface area contributed by atoms with Crippen LogP contribution in [0.25, 0.3) is 0 Å². The molecule has 0 aliphatic rings. The van der Waals surface area contributed by atoms with E-state index in [1.165, 1.54) is 0 Å². The van der Waals surface area contributed by atoms with Crippen LogP contribution in [-0.4, -0.2) is 49.3 Å². The molecule has 0 atom stereocenters. The molecule has 0 saturated heterocycles. The summed E-state index contributed by atoms with van der Waals surface area (Å²) in [5, 5.41) is 37.8. The smallest absolute Gasteiger partial charge is 0.0555 e. The van der Waals surface area contributed by atoms with Crippen LogP contribution in [0.2, 0.25) is 0 Å². The molecule has 0 spiro atoms. The second-order valence-corrected chi connectivity index (χ2v) is 2.74. The Morgan fingerprint density at radius 2 is 1.09 bits per heavy atom. The Hall–Kier alpha value is -1.83. The summed E-state index contributed by atoms with van der Waals surface area (Å²) in [7, 11) is 0. The van der Waals surface area contributed by atoms with Crippen molar-refractivity contribution in [3.05, 3.63) is 0 Å². The van der Waals surface area contributed by atoms with E-state index in [9.17, 15) is 0 Å². The molecule has 0 rings (SSSR count). The van der Waals surface area contributed by atoms with Crippen LogP contribution >= 0.6 is 0 Å². The molecule has 0 aromatic carbocycles. The summed E-state index contributed by atoms with van der Waals surface area (Å²) in [6.07, 6.45) is 0. The Labute approximate surface area is 130 Å². The average Bonchev–Trinajstić information content (AvgIpc) is 2.15. The largest absolute Gasteiger partial charge is 0.550 e. The number of carboxylic acid groups (broad SMARTS) is 3. The van der Waals surface area contributed by atoms with E-state index in [1.54, 1.807) is 0 Å². The third-order valence-corrected chi connectivity index (χ3v) is 0.610. The minimum Gasteiger partial charge on any atom is -0.550 e. The summed E-state index contributed by atoms with van der Waals surface area (Å²) in [5.41, 5.74) is 5.13. The van der Waals surface area contributed by atoms with E-state index in [4.69, 9.17) is 40.5 Å².